The van der Waals surface area contributed by atoms with Crippen molar-refractivity contribution in [2.45, 2.75) is 45.7 Å². The lowest BCUT2D eigenvalue weighted by atomic mass is 9.92. The van der Waals surface area contributed by atoms with Gasteiger partial charge in [0, 0.05) is 0 Å². The first kappa shape index (κ1) is 15.8. The molecule has 0 saturated carbocycles. The van der Waals surface area contributed by atoms with E-state index in [0.29, 0.717) is 12.5 Å². The fraction of sp³-hybridized carbons (Fsp3) is 0.588. The molecule has 1 aromatic carbocycles. The molecule has 0 radical (unpaired) electrons. The van der Waals surface area contributed by atoms with Gasteiger partial charge in [-0.3, -0.25) is 4.79 Å². The molecule has 4 heteroatoms. The first-order valence-corrected chi connectivity index (χ1v) is 7.88. The molecule has 2 rings (SSSR count). The molecule has 0 spiro atoms. The summed E-state index contributed by atoms with van der Waals surface area (Å²) in [6.45, 7) is 7.71. The SMILES string of the molecule is CCOc1ccc(C(C)NC(=O)C2NCCCC2C)cc1. The van der Waals surface area contributed by atoms with Gasteiger partial charge in [-0.05, 0) is 56.8 Å². The maximum absolute atomic E-state index is 12.4. The van der Waals surface area contributed by atoms with Crippen molar-refractivity contribution in [2.75, 3.05) is 13.2 Å². The number of benzene rings is 1. The first-order chi connectivity index (χ1) is 10.1. The predicted molar refractivity (Wildman–Crippen MR) is 84.4 cm³/mol. The van der Waals surface area contributed by atoms with Crippen LogP contribution in [0, 0.1) is 5.92 Å². The Bertz CT molecular complexity index is 458. The van der Waals surface area contributed by atoms with Crippen LogP contribution in [-0.4, -0.2) is 25.1 Å². The van der Waals surface area contributed by atoms with Crippen LogP contribution in [0.1, 0.15) is 45.2 Å². The minimum atomic E-state index is -0.0658. The highest BCUT2D eigenvalue weighted by atomic mass is 16.5. The molecule has 0 aliphatic carbocycles. The van der Waals surface area contributed by atoms with Crippen LogP contribution in [0.4, 0.5) is 0 Å². The van der Waals surface area contributed by atoms with E-state index in [4.69, 9.17) is 4.74 Å². The maximum atomic E-state index is 12.4. The zero-order chi connectivity index (χ0) is 15.2. The summed E-state index contributed by atoms with van der Waals surface area (Å²) in [5, 5.41) is 6.42. The van der Waals surface area contributed by atoms with Gasteiger partial charge in [0.2, 0.25) is 5.91 Å². The van der Waals surface area contributed by atoms with E-state index in [1.165, 1.54) is 0 Å². The molecule has 2 N–H and O–H groups in total. The largest absolute Gasteiger partial charge is 0.494 e. The van der Waals surface area contributed by atoms with Crippen molar-refractivity contribution < 1.29 is 9.53 Å². The van der Waals surface area contributed by atoms with Gasteiger partial charge in [-0.15, -0.1) is 0 Å². The van der Waals surface area contributed by atoms with Crippen molar-refractivity contribution in [3.63, 3.8) is 0 Å². The second-order valence-electron chi connectivity index (χ2n) is 5.78. The van der Waals surface area contributed by atoms with Crippen LogP contribution in [-0.2, 0) is 4.79 Å². The summed E-state index contributed by atoms with van der Waals surface area (Å²) in [5.74, 6) is 1.36. The van der Waals surface area contributed by atoms with Gasteiger partial charge < -0.3 is 15.4 Å². The van der Waals surface area contributed by atoms with Crippen LogP contribution >= 0.6 is 0 Å². The molecule has 21 heavy (non-hydrogen) atoms. The molecule has 1 amide bonds. The lowest BCUT2D eigenvalue weighted by Crippen LogP contribution is -2.51. The number of hydrogen-bond acceptors (Lipinski definition) is 3. The van der Waals surface area contributed by atoms with Gasteiger partial charge in [0.05, 0.1) is 18.7 Å². The average molecular weight is 290 g/mol. The monoisotopic (exact) mass is 290 g/mol. The smallest absolute Gasteiger partial charge is 0.237 e. The van der Waals surface area contributed by atoms with E-state index >= 15 is 0 Å². The zero-order valence-corrected chi connectivity index (χ0v) is 13.2. The molecule has 1 aromatic rings. The number of amides is 1. The van der Waals surface area contributed by atoms with Gasteiger partial charge >= 0.3 is 0 Å². The third kappa shape index (κ3) is 4.21. The molecule has 116 valence electrons. The van der Waals surface area contributed by atoms with E-state index in [1.807, 2.05) is 38.1 Å². The van der Waals surface area contributed by atoms with E-state index in [1.54, 1.807) is 0 Å². The Hall–Kier alpha value is -1.55. The van der Waals surface area contributed by atoms with Crippen molar-refractivity contribution in [2.24, 2.45) is 5.92 Å². The summed E-state index contributed by atoms with van der Waals surface area (Å²) < 4.78 is 5.43. The quantitative estimate of drug-likeness (QED) is 0.876. The molecule has 0 bridgehead atoms. The summed E-state index contributed by atoms with van der Waals surface area (Å²) in [4.78, 5) is 12.4. The summed E-state index contributed by atoms with van der Waals surface area (Å²) in [6.07, 6.45) is 2.27. The van der Waals surface area contributed by atoms with Gasteiger partial charge in [0.25, 0.3) is 0 Å². The molecular weight excluding hydrogens is 264 g/mol. The van der Waals surface area contributed by atoms with Crippen LogP contribution in [0.5, 0.6) is 5.75 Å². The summed E-state index contributed by atoms with van der Waals surface area (Å²) >= 11 is 0. The van der Waals surface area contributed by atoms with E-state index in [-0.39, 0.29) is 18.0 Å². The fourth-order valence-electron chi connectivity index (χ4n) is 2.81. The van der Waals surface area contributed by atoms with Gasteiger partial charge in [-0.2, -0.15) is 0 Å². The number of rotatable bonds is 5. The fourth-order valence-corrected chi connectivity index (χ4v) is 2.81. The lowest BCUT2D eigenvalue weighted by molar-refractivity contribution is -0.125. The van der Waals surface area contributed by atoms with Crippen molar-refractivity contribution in [3.8, 4) is 5.75 Å². The molecule has 4 nitrogen and oxygen atoms in total. The first-order valence-electron chi connectivity index (χ1n) is 7.88. The minimum Gasteiger partial charge on any atom is -0.494 e. The van der Waals surface area contributed by atoms with E-state index in [2.05, 4.69) is 17.6 Å². The Morgan fingerprint density at radius 2 is 2.14 bits per heavy atom. The Morgan fingerprint density at radius 3 is 2.76 bits per heavy atom. The van der Waals surface area contributed by atoms with E-state index in [9.17, 15) is 4.79 Å². The van der Waals surface area contributed by atoms with Crippen molar-refractivity contribution in [3.05, 3.63) is 29.8 Å². The zero-order valence-electron chi connectivity index (χ0n) is 13.2. The third-order valence-corrected chi connectivity index (χ3v) is 4.10. The molecular formula is C17H26N2O2. The van der Waals surface area contributed by atoms with Crippen LogP contribution < -0.4 is 15.4 Å². The molecule has 1 aliphatic heterocycles. The molecule has 3 atom stereocenters. The van der Waals surface area contributed by atoms with Crippen LogP contribution in [0.2, 0.25) is 0 Å². The van der Waals surface area contributed by atoms with Crippen LogP contribution in [0.25, 0.3) is 0 Å². The molecule has 1 fully saturated rings. The van der Waals surface area contributed by atoms with Crippen LogP contribution in [0.15, 0.2) is 24.3 Å². The summed E-state index contributed by atoms with van der Waals surface area (Å²) in [7, 11) is 0. The minimum absolute atomic E-state index is 0.00380. The Balaban J connectivity index is 1.93. The maximum Gasteiger partial charge on any atom is 0.237 e. The Kier molecular flexibility index (Phi) is 5.62. The number of hydrogen-bond donors (Lipinski definition) is 2. The second kappa shape index (κ2) is 7.46. The third-order valence-electron chi connectivity index (χ3n) is 4.10. The van der Waals surface area contributed by atoms with Gasteiger partial charge in [0.15, 0.2) is 0 Å². The van der Waals surface area contributed by atoms with Gasteiger partial charge in [-0.1, -0.05) is 19.1 Å². The number of carbonyl (C=O) groups is 1. The van der Waals surface area contributed by atoms with Crippen molar-refractivity contribution in [1.82, 2.24) is 10.6 Å². The Morgan fingerprint density at radius 1 is 1.43 bits per heavy atom. The summed E-state index contributed by atoms with van der Waals surface area (Å²) in [5.41, 5.74) is 1.09. The van der Waals surface area contributed by atoms with E-state index < -0.39 is 0 Å². The normalized spacial score (nSPS) is 23.4. The van der Waals surface area contributed by atoms with Crippen LogP contribution in [0.3, 0.4) is 0 Å². The molecule has 1 saturated heterocycles. The highest BCUT2D eigenvalue weighted by Crippen LogP contribution is 2.20. The Labute approximate surface area is 127 Å². The van der Waals surface area contributed by atoms with Crippen molar-refractivity contribution in [1.29, 1.82) is 0 Å². The van der Waals surface area contributed by atoms with Gasteiger partial charge in [0.1, 0.15) is 5.75 Å². The highest BCUT2D eigenvalue weighted by Gasteiger charge is 2.28. The topological polar surface area (TPSA) is 50.4 Å². The number of carbonyl (C=O) groups excluding carboxylic acids is 1. The van der Waals surface area contributed by atoms with Gasteiger partial charge in [-0.25, -0.2) is 0 Å². The molecule has 3 unspecified atom stereocenters. The number of nitrogens with one attached hydrogen (secondary N) is 2. The lowest BCUT2D eigenvalue weighted by Gasteiger charge is -2.30. The van der Waals surface area contributed by atoms with Crippen molar-refractivity contribution >= 4 is 5.91 Å². The second-order valence-corrected chi connectivity index (χ2v) is 5.78. The average Bonchev–Trinajstić information content (AvgIpc) is 2.48. The van der Waals surface area contributed by atoms with E-state index in [0.717, 1.165) is 30.7 Å². The standard InChI is InChI=1S/C17H26N2O2/c1-4-21-15-9-7-14(8-10-15)13(3)19-17(20)16-12(2)6-5-11-18-16/h7-10,12-13,16,18H,4-6,11H2,1-3H3,(H,19,20). The number of ether oxygens (including phenoxy) is 1. The predicted octanol–water partition coefficient (Wildman–Crippen LogP) is 2.65. The number of piperidine rings is 1. The summed E-state index contributed by atoms with van der Waals surface area (Å²) in [6, 6.07) is 7.85. The molecule has 1 aliphatic rings. The highest BCUT2D eigenvalue weighted by molar-refractivity contribution is 5.82. The molecule has 1 heterocycles. The molecule has 0 aromatic heterocycles.